The van der Waals surface area contributed by atoms with Crippen LogP contribution < -0.4 is 0 Å². The van der Waals surface area contributed by atoms with E-state index in [4.69, 9.17) is 9.47 Å². The minimum atomic E-state index is 0.0261. The normalized spacial score (nSPS) is 11.7. The molecule has 0 unspecified atom stereocenters. The third kappa shape index (κ3) is 43.5. The van der Waals surface area contributed by atoms with Crippen LogP contribution in [0.4, 0.5) is 0 Å². The lowest BCUT2D eigenvalue weighted by Crippen LogP contribution is -2.27. The van der Waals surface area contributed by atoms with Crippen LogP contribution in [0.5, 0.6) is 0 Å². The lowest BCUT2D eigenvalue weighted by molar-refractivity contribution is -0.151. The topological polar surface area (TPSA) is 76.1 Å². The summed E-state index contributed by atoms with van der Waals surface area (Å²) in [6.07, 6.45) is 49.6. The van der Waals surface area contributed by atoms with Crippen LogP contribution in [0.3, 0.4) is 0 Å². The van der Waals surface area contributed by atoms with Crippen molar-refractivity contribution in [3.8, 4) is 0 Å². The Kier molecular flexibility index (Phi) is 48.0. The molecular weight excluding hydrogens is 743 g/mol. The highest BCUT2D eigenvalue weighted by molar-refractivity contribution is 5.69. The third-order valence-electron chi connectivity index (χ3n) is 12.7. The summed E-state index contributed by atoms with van der Waals surface area (Å²) in [5.74, 6) is 0.0522. The fourth-order valence-corrected chi connectivity index (χ4v) is 8.68. The number of carbonyl (C=O) groups is 2. The summed E-state index contributed by atoms with van der Waals surface area (Å²) < 4.78 is 12.1. The Bertz CT molecular complexity index is 771. The van der Waals surface area contributed by atoms with Gasteiger partial charge in [0, 0.05) is 19.4 Å². The average Bonchev–Trinajstić information content (AvgIpc) is 3.24. The number of rotatable bonds is 50. The summed E-state index contributed by atoms with van der Waals surface area (Å²) in [5, 5.41) is 9.36. The maximum absolute atomic E-state index is 12.8. The van der Waals surface area contributed by atoms with Gasteiger partial charge in [0.15, 0.2) is 0 Å². The first-order valence-electron chi connectivity index (χ1n) is 27.2. The summed E-state index contributed by atoms with van der Waals surface area (Å²) in [6.45, 7) is 12.7. The zero-order chi connectivity index (χ0) is 43.8. The Morgan fingerprint density at radius 1 is 0.350 bits per heavy atom. The number of esters is 2. The largest absolute Gasteiger partial charge is 0.462 e. The monoisotopic (exact) mass is 850 g/mol. The predicted octanol–water partition coefficient (Wildman–Crippen LogP) is 16.6. The Balaban J connectivity index is 4.36. The zero-order valence-electron chi connectivity index (χ0n) is 41.2. The first-order valence-corrected chi connectivity index (χ1v) is 27.2. The van der Waals surface area contributed by atoms with Gasteiger partial charge < -0.3 is 19.5 Å². The van der Waals surface area contributed by atoms with Gasteiger partial charge in [-0.05, 0) is 110 Å². The van der Waals surface area contributed by atoms with E-state index in [1.165, 1.54) is 193 Å². The highest BCUT2D eigenvalue weighted by Gasteiger charge is 2.16. The molecule has 0 aromatic carbocycles. The SMILES string of the molecule is CCCCCCCCC(CCCCCCCC)OC(=O)CCCCCCCN(CCCCO)CCCCCCCC(=O)OC(CCCCCCCC)CCCCCCCC. The molecule has 6 nitrogen and oxygen atoms in total. The van der Waals surface area contributed by atoms with Crippen molar-refractivity contribution in [1.29, 1.82) is 0 Å². The Hall–Kier alpha value is -1.14. The lowest BCUT2D eigenvalue weighted by Gasteiger charge is -2.22. The van der Waals surface area contributed by atoms with Crippen LogP contribution in [0.1, 0.15) is 297 Å². The standard InChI is InChI=1S/C54H107NO5/c1-5-9-13-17-23-31-41-51(42-32-24-18-14-10-6-2)59-53(57)45-35-27-21-29-37-47-55(49-39-40-50-56)48-38-30-22-28-36-46-54(58)60-52(43-33-25-19-15-11-7-3)44-34-26-20-16-12-8-4/h51-52,56H,5-50H2,1-4H3. The number of ether oxygens (including phenoxy) is 2. The van der Waals surface area contributed by atoms with Crippen molar-refractivity contribution in [3.63, 3.8) is 0 Å². The number of hydrogen-bond acceptors (Lipinski definition) is 6. The van der Waals surface area contributed by atoms with Crippen LogP contribution in [-0.2, 0) is 19.1 Å². The molecule has 0 amide bonds. The molecule has 0 saturated carbocycles. The van der Waals surface area contributed by atoms with Crippen LogP contribution in [0, 0.1) is 0 Å². The number of aliphatic hydroxyl groups is 1. The average molecular weight is 850 g/mol. The van der Waals surface area contributed by atoms with E-state index in [-0.39, 0.29) is 30.8 Å². The van der Waals surface area contributed by atoms with E-state index in [2.05, 4.69) is 32.6 Å². The van der Waals surface area contributed by atoms with E-state index in [1.807, 2.05) is 0 Å². The molecule has 0 atom stereocenters. The molecule has 0 bridgehead atoms. The van der Waals surface area contributed by atoms with Gasteiger partial charge in [0.25, 0.3) is 0 Å². The van der Waals surface area contributed by atoms with Crippen LogP contribution >= 0.6 is 0 Å². The van der Waals surface area contributed by atoms with Crippen molar-refractivity contribution in [3.05, 3.63) is 0 Å². The fraction of sp³-hybridized carbons (Fsp3) is 0.963. The van der Waals surface area contributed by atoms with Crippen LogP contribution in [0.2, 0.25) is 0 Å². The predicted molar refractivity (Wildman–Crippen MR) is 260 cm³/mol. The van der Waals surface area contributed by atoms with Crippen molar-refractivity contribution in [1.82, 2.24) is 4.90 Å². The molecule has 6 heteroatoms. The third-order valence-corrected chi connectivity index (χ3v) is 12.7. The van der Waals surface area contributed by atoms with Crippen molar-refractivity contribution in [2.75, 3.05) is 26.2 Å². The van der Waals surface area contributed by atoms with Gasteiger partial charge in [-0.15, -0.1) is 0 Å². The van der Waals surface area contributed by atoms with Gasteiger partial charge >= 0.3 is 11.9 Å². The summed E-state index contributed by atoms with van der Waals surface area (Å²) >= 11 is 0. The first kappa shape index (κ1) is 58.9. The van der Waals surface area contributed by atoms with Gasteiger partial charge in [0.1, 0.15) is 12.2 Å². The number of nitrogens with zero attached hydrogens (tertiary/aromatic N) is 1. The molecule has 0 fully saturated rings. The van der Waals surface area contributed by atoms with Gasteiger partial charge in [0.2, 0.25) is 0 Å². The number of carbonyl (C=O) groups excluding carboxylic acids is 2. The molecular formula is C54H107NO5. The van der Waals surface area contributed by atoms with Gasteiger partial charge in [-0.25, -0.2) is 0 Å². The lowest BCUT2D eigenvalue weighted by atomic mass is 10.0. The highest BCUT2D eigenvalue weighted by atomic mass is 16.5. The summed E-state index contributed by atoms with van der Waals surface area (Å²) in [5.41, 5.74) is 0. The van der Waals surface area contributed by atoms with E-state index in [0.29, 0.717) is 12.8 Å². The molecule has 0 aromatic rings. The van der Waals surface area contributed by atoms with E-state index >= 15 is 0 Å². The zero-order valence-corrected chi connectivity index (χ0v) is 41.2. The van der Waals surface area contributed by atoms with Crippen molar-refractivity contribution >= 4 is 11.9 Å². The van der Waals surface area contributed by atoms with Crippen molar-refractivity contribution < 1.29 is 24.2 Å². The summed E-state index contributed by atoms with van der Waals surface area (Å²) in [7, 11) is 0. The maximum atomic E-state index is 12.8. The molecule has 60 heavy (non-hydrogen) atoms. The van der Waals surface area contributed by atoms with Crippen LogP contribution in [0.15, 0.2) is 0 Å². The maximum Gasteiger partial charge on any atom is 0.306 e. The van der Waals surface area contributed by atoms with Gasteiger partial charge in [-0.2, -0.15) is 0 Å². The summed E-state index contributed by atoms with van der Waals surface area (Å²) in [4.78, 5) is 28.2. The van der Waals surface area contributed by atoms with Gasteiger partial charge in [-0.3, -0.25) is 9.59 Å². The Morgan fingerprint density at radius 2 is 0.600 bits per heavy atom. The highest BCUT2D eigenvalue weighted by Crippen LogP contribution is 2.20. The quantitative estimate of drug-likeness (QED) is 0.0485. The van der Waals surface area contributed by atoms with Crippen LogP contribution in [0.25, 0.3) is 0 Å². The number of hydrogen-bond donors (Lipinski definition) is 1. The minimum absolute atomic E-state index is 0.0261. The second-order valence-electron chi connectivity index (χ2n) is 18.8. The van der Waals surface area contributed by atoms with E-state index in [9.17, 15) is 14.7 Å². The molecule has 0 spiro atoms. The van der Waals surface area contributed by atoms with Gasteiger partial charge in [-0.1, -0.05) is 195 Å². The van der Waals surface area contributed by atoms with E-state index in [1.54, 1.807) is 0 Å². The van der Waals surface area contributed by atoms with Crippen molar-refractivity contribution in [2.45, 2.75) is 310 Å². The molecule has 358 valence electrons. The molecule has 0 heterocycles. The molecule has 0 aliphatic heterocycles. The Morgan fingerprint density at radius 3 is 0.900 bits per heavy atom. The first-order chi connectivity index (χ1) is 29.5. The molecule has 0 radical (unpaired) electrons. The van der Waals surface area contributed by atoms with E-state index < -0.39 is 0 Å². The Labute approximate surface area is 375 Å². The molecule has 1 N–H and O–H groups in total. The second-order valence-corrected chi connectivity index (χ2v) is 18.8. The molecule has 0 aliphatic rings. The second kappa shape index (κ2) is 48.9. The molecule has 0 rings (SSSR count). The molecule has 0 saturated heterocycles. The van der Waals surface area contributed by atoms with Crippen LogP contribution in [-0.4, -0.2) is 60.4 Å². The van der Waals surface area contributed by atoms with Crippen molar-refractivity contribution in [2.24, 2.45) is 0 Å². The number of unbranched alkanes of at least 4 members (excludes halogenated alkanes) is 29. The number of aliphatic hydroxyl groups excluding tert-OH is 1. The molecule has 0 aromatic heterocycles. The van der Waals surface area contributed by atoms with E-state index in [0.717, 1.165) is 83.8 Å². The summed E-state index contributed by atoms with van der Waals surface area (Å²) in [6, 6.07) is 0. The molecule has 0 aliphatic carbocycles. The van der Waals surface area contributed by atoms with Gasteiger partial charge in [0.05, 0.1) is 0 Å². The minimum Gasteiger partial charge on any atom is -0.462 e. The smallest absolute Gasteiger partial charge is 0.306 e. The fourth-order valence-electron chi connectivity index (χ4n) is 8.68.